The van der Waals surface area contributed by atoms with Crippen LogP contribution in [0.5, 0.6) is 0 Å². The Morgan fingerprint density at radius 3 is 2.33 bits per heavy atom. The smallest absolute Gasteiger partial charge is 0.150 e. The van der Waals surface area contributed by atoms with E-state index < -0.39 is 5.25 Å². The van der Waals surface area contributed by atoms with Gasteiger partial charge < -0.3 is 5.32 Å². The number of Topliss-reactive ketones (excluding diaryl/α,β-unsaturated/α-hetero) is 2. The van der Waals surface area contributed by atoms with Gasteiger partial charge in [0.1, 0.15) is 9.57 Å². The zero-order chi connectivity index (χ0) is 13.7. The third-order valence-corrected chi connectivity index (χ3v) is 4.01. The van der Waals surface area contributed by atoms with Gasteiger partial charge in [-0.3, -0.25) is 9.59 Å². The normalized spacial score (nSPS) is 10.2. The molecular weight excluding hydrogens is 290 g/mol. The summed E-state index contributed by atoms with van der Waals surface area (Å²) in [5.41, 5.74) is 0.655. The average Bonchev–Trinajstić information content (AvgIpc) is 2.28. The van der Waals surface area contributed by atoms with Crippen molar-refractivity contribution in [3.63, 3.8) is 0 Å². The summed E-state index contributed by atoms with van der Waals surface area (Å²) in [7, 11) is 0. The van der Waals surface area contributed by atoms with Gasteiger partial charge in [0, 0.05) is 0 Å². The third-order valence-electron chi connectivity index (χ3n) is 2.07. The number of thiocarbonyl (C=S) groups is 1. The molecule has 0 unspecified atom stereocenters. The van der Waals surface area contributed by atoms with Crippen molar-refractivity contribution < 1.29 is 9.59 Å². The molecule has 0 aliphatic carbocycles. The summed E-state index contributed by atoms with van der Waals surface area (Å²) in [5.74, 6) is -0.424. The van der Waals surface area contributed by atoms with Crippen LogP contribution in [-0.2, 0) is 9.59 Å². The molecule has 96 valence electrons. The van der Waals surface area contributed by atoms with E-state index in [1.54, 1.807) is 18.2 Å². The third kappa shape index (κ3) is 4.40. The number of thioether (sulfide) groups is 1. The Labute approximate surface area is 120 Å². The Balaban J connectivity index is 2.70. The van der Waals surface area contributed by atoms with Crippen molar-refractivity contribution >= 4 is 57.2 Å². The molecule has 0 aromatic heterocycles. The largest absolute Gasteiger partial charge is 0.340 e. The van der Waals surface area contributed by atoms with E-state index in [1.807, 2.05) is 6.07 Å². The van der Waals surface area contributed by atoms with Crippen molar-refractivity contribution in [2.24, 2.45) is 0 Å². The fraction of sp³-hybridized carbons (Fsp3) is 0.250. The number of anilines is 1. The molecule has 1 N–H and O–H groups in total. The van der Waals surface area contributed by atoms with E-state index in [9.17, 15) is 9.59 Å². The summed E-state index contributed by atoms with van der Waals surface area (Å²) >= 11 is 12.1. The van der Waals surface area contributed by atoms with E-state index in [1.165, 1.54) is 13.8 Å². The molecule has 0 radical (unpaired) electrons. The van der Waals surface area contributed by atoms with Gasteiger partial charge in [0.25, 0.3) is 0 Å². The van der Waals surface area contributed by atoms with Crippen LogP contribution in [-0.4, -0.2) is 21.1 Å². The lowest BCUT2D eigenvalue weighted by Gasteiger charge is -2.13. The maximum Gasteiger partial charge on any atom is 0.150 e. The monoisotopic (exact) mass is 301 g/mol. The Morgan fingerprint density at radius 1 is 1.28 bits per heavy atom. The SMILES string of the molecule is CC(=O)C(SC(=S)Nc1ccccc1Cl)C(C)=O. The number of hydrogen-bond acceptors (Lipinski definition) is 4. The van der Waals surface area contributed by atoms with E-state index in [2.05, 4.69) is 5.32 Å². The van der Waals surface area contributed by atoms with Gasteiger partial charge in [-0.1, -0.05) is 47.7 Å². The second kappa shape index (κ2) is 6.87. The molecular formula is C12H12ClNO2S2. The van der Waals surface area contributed by atoms with Crippen LogP contribution in [0.15, 0.2) is 24.3 Å². The fourth-order valence-corrected chi connectivity index (χ4v) is 2.56. The number of benzene rings is 1. The van der Waals surface area contributed by atoms with Crippen LogP contribution in [0.3, 0.4) is 0 Å². The lowest BCUT2D eigenvalue weighted by molar-refractivity contribution is -0.123. The standard InChI is InChI=1S/C12H12ClNO2S2/c1-7(15)11(8(2)16)18-12(17)14-10-6-4-3-5-9(10)13/h3-6,11H,1-2H3,(H,14,17). The van der Waals surface area contributed by atoms with E-state index in [0.717, 1.165) is 11.8 Å². The minimum atomic E-state index is -0.757. The molecule has 1 aromatic rings. The zero-order valence-electron chi connectivity index (χ0n) is 9.90. The van der Waals surface area contributed by atoms with E-state index in [0.29, 0.717) is 15.0 Å². The van der Waals surface area contributed by atoms with E-state index in [-0.39, 0.29) is 11.6 Å². The number of halogens is 1. The molecule has 18 heavy (non-hydrogen) atoms. The summed E-state index contributed by atoms with van der Waals surface area (Å²) in [6.07, 6.45) is 0. The molecule has 0 aliphatic heterocycles. The predicted molar refractivity (Wildman–Crippen MR) is 80.4 cm³/mol. The second-order valence-electron chi connectivity index (χ2n) is 3.61. The number of carbonyl (C=O) groups excluding carboxylic acids is 2. The predicted octanol–water partition coefficient (Wildman–Crippen LogP) is 3.32. The van der Waals surface area contributed by atoms with Crippen LogP contribution in [0.25, 0.3) is 0 Å². The topological polar surface area (TPSA) is 46.2 Å². The van der Waals surface area contributed by atoms with Crippen molar-refractivity contribution in [2.45, 2.75) is 19.1 Å². The van der Waals surface area contributed by atoms with Crippen molar-refractivity contribution in [3.8, 4) is 0 Å². The maximum atomic E-state index is 11.3. The van der Waals surface area contributed by atoms with Gasteiger partial charge in [0.15, 0.2) is 11.6 Å². The Bertz CT molecular complexity index is 477. The van der Waals surface area contributed by atoms with Crippen LogP contribution >= 0.6 is 35.6 Å². The highest BCUT2D eigenvalue weighted by Gasteiger charge is 2.22. The van der Waals surface area contributed by atoms with Crippen LogP contribution in [0.4, 0.5) is 5.69 Å². The number of rotatable bonds is 4. The van der Waals surface area contributed by atoms with Gasteiger partial charge in [-0.05, 0) is 26.0 Å². The summed E-state index contributed by atoms with van der Waals surface area (Å²) in [6, 6.07) is 7.11. The molecule has 0 fully saturated rings. The molecule has 0 bridgehead atoms. The van der Waals surface area contributed by atoms with E-state index in [4.69, 9.17) is 23.8 Å². The fourth-order valence-electron chi connectivity index (χ4n) is 1.26. The van der Waals surface area contributed by atoms with Crippen LogP contribution in [0, 0.1) is 0 Å². The maximum absolute atomic E-state index is 11.3. The van der Waals surface area contributed by atoms with Crippen molar-refractivity contribution in [1.82, 2.24) is 0 Å². The Hall–Kier alpha value is -0.910. The Kier molecular flexibility index (Phi) is 5.78. The molecule has 0 saturated carbocycles. The average molecular weight is 302 g/mol. The quantitative estimate of drug-likeness (QED) is 0.683. The number of carbonyl (C=O) groups is 2. The summed E-state index contributed by atoms with van der Waals surface area (Å²) in [4.78, 5) is 22.6. The highest BCUT2D eigenvalue weighted by molar-refractivity contribution is 8.24. The molecule has 0 heterocycles. The molecule has 6 heteroatoms. The summed E-state index contributed by atoms with van der Waals surface area (Å²) in [6.45, 7) is 2.74. The number of hydrogen-bond donors (Lipinski definition) is 1. The van der Waals surface area contributed by atoms with Gasteiger partial charge >= 0.3 is 0 Å². The van der Waals surface area contributed by atoms with E-state index >= 15 is 0 Å². The lowest BCUT2D eigenvalue weighted by Crippen LogP contribution is -2.25. The van der Waals surface area contributed by atoms with Crippen molar-refractivity contribution in [3.05, 3.63) is 29.3 Å². The second-order valence-corrected chi connectivity index (χ2v) is 5.80. The van der Waals surface area contributed by atoms with Crippen LogP contribution < -0.4 is 5.32 Å². The molecule has 0 spiro atoms. The van der Waals surface area contributed by atoms with Gasteiger partial charge in [0.2, 0.25) is 0 Å². The first kappa shape index (κ1) is 15.1. The van der Waals surface area contributed by atoms with Gasteiger partial charge in [-0.25, -0.2) is 0 Å². The summed E-state index contributed by atoms with van der Waals surface area (Å²) < 4.78 is 0.346. The lowest BCUT2D eigenvalue weighted by atomic mass is 10.2. The van der Waals surface area contributed by atoms with Gasteiger partial charge in [-0.2, -0.15) is 0 Å². The first-order chi connectivity index (χ1) is 8.41. The van der Waals surface area contributed by atoms with Crippen molar-refractivity contribution in [2.75, 3.05) is 5.32 Å². The zero-order valence-corrected chi connectivity index (χ0v) is 12.3. The number of nitrogens with one attached hydrogen (secondary N) is 1. The number of ketones is 2. The number of para-hydroxylation sites is 1. The first-order valence-corrected chi connectivity index (χ1v) is 6.81. The molecule has 0 aliphatic rings. The minimum absolute atomic E-state index is 0.212. The molecule has 0 saturated heterocycles. The molecule has 1 rings (SSSR count). The minimum Gasteiger partial charge on any atom is -0.340 e. The van der Waals surface area contributed by atoms with Gasteiger partial charge in [-0.15, -0.1) is 0 Å². The van der Waals surface area contributed by atoms with Crippen molar-refractivity contribution in [1.29, 1.82) is 0 Å². The highest BCUT2D eigenvalue weighted by Crippen LogP contribution is 2.24. The highest BCUT2D eigenvalue weighted by atomic mass is 35.5. The molecule has 0 atom stereocenters. The first-order valence-electron chi connectivity index (χ1n) is 5.15. The Morgan fingerprint density at radius 2 is 1.83 bits per heavy atom. The molecule has 3 nitrogen and oxygen atoms in total. The summed E-state index contributed by atoms with van der Waals surface area (Å²) in [5, 5.41) is 2.68. The van der Waals surface area contributed by atoms with Crippen LogP contribution in [0.2, 0.25) is 5.02 Å². The van der Waals surface area contributed by atoms with Gasteiger partial charge in [0.05, 0.1) is 10.7 Å². The van der Waals surface area contributed by atoms with Crippen LogP contribution in [0.1, 0.15) is 13.8 Å². The molecule has 1 aromatic carbocycles. The molecule has 0 amide bonds.